The van der Waals surface area contributed by atoms with Crippen molar-refractivity contribution in [2.24, 2.45) is 0 Å². The lowest BCUT2D eigenvalue weighted by Gasteiger charge is -2.21. The van der Waals surface area contributed by atoms with Crippen molar-refractivity contribution < 1.29 is 27.8 Å². The van der Waals surface area contributed by atoms with Gasteiger partial charge in [0.2, 0.25) is 12.3 Å². The van der Waals surface area contributed by atoms with E-state index in [9.17, 15) is 18.4 Å². The number of amides is 2. The smallest absolute Gasteiger partial charge is 0.244 e. The molecule has 2 aromatic rings. The van der Waals surface area contributed by atoms with Gasteiger partial charge in [-0.2, -0.15) is 0 Å². The Hall–Kier alpha value is -4.02. The van der Waals surface area contributed by atoms with Crippen molar-refractivity contribution in [2.75, 3.05) is 38.6 Å². The van der Waals surface area contributed by atoms with Gasteiger partial charge < -0.3 is 25.4 Å². The fourth-order valence-electron chi connectivity index (χ4n) is 4.35. The van der Waals surface area contributed by atoms with E-state index in [1.54, 1.807) is 47.5 Å². The first-order chi connectivity index (χ1) is 19.7. The van der Waals surface area contributed by atoms with E-state index in [4.69, 9.17) is 26.8 Å². The van der Waals surface area contributed by atoms with Crippen molar-refractivity contribution in [2.45, 2.75) is 25.9 Å². The number of nitrogens with one attached hydrogen (secondary N) is 1. The van der Waals surface area contributed by atoms with Crippen LogP contribution in [0.2, 0.25) is 5.02 Å². The maximum atomic E-state index is 14.1. The second-order valence-electron chi connectivity index (χ2n) is 9.68. The van der Waals surface area contributed by atoms with E-state index in [1.807, 2.05) is 6.07 Å². The molecule has 0 bridgehead atoms. The zero-order valence-corrected chi connectivity index (χ0v) is 23.3. The molecule has 0 saturated carbocycles. The predicted octanol–water partition coefficient (Wildman–Crippen LogP) is 4.81. The molecule has 0 radical (unpaired) electrons. The number of carbonyl (C=O) groups excluding carboxylic acids is 2. The lowest BCUT2D eigenvalue weighted by molar-refractivity contribution is -0.121. The Balaban J connectivity index is 0.000000417. The fraction of sp³-hybridized carbons (Fsp3) is 0.300. The minimum Gasteiger partial charge on any atom is -0.486 e. The largest absolute Gasteiger partial charge is 0.486 e. The molecule has 1 atom stereocenters. The monoisotopic (exact) mass is 584 g/mol. The minimum atomic E-state index is -0.825. The number of ether oxygens (including phenoxy) is 2. The van der Waals surface area contributed by atoms with E-state index in [0.29, 0.717) is 47.4 Å². The summed E-state index contributed by atoms with van der Waals surface area (Å²) in [6.07, 6.45) is 8.85. The standard InChI is InChI=1S/C25H22ClF2N3O2.C5H9NO2/c1-14-2-5-16(11-21(27)24(14)28)17-8-18-9-19(33-25(18)20(26)10-17)13-31-23(32)7-4-15-3-6-22(29)30-12-15;7-5-6-1-3-8-4-2-6/h2-8,10,12,19H,9,11,13H2,1H3,(H2,29,30)(H,31,32);5H,1-4H2/b7-4+;. The summed E-state index contributed by atoms with van der Waals surface area (Å²) < 4.78 is 38.9. The van der Waals surface area contributed by atoms with Crippen LogP contribution in [0.3, 0.4) is 0 Å². The van der Waals surface area contributed by atoms with E-state index in [2.05, 4.69) is 10.3 Å². The molecule has 1 aromatic heterocycles. The summed E-state index contributed by atoms with van der Waals surface area (Å²) in [5.74, 6) is -0.940. The van der Waals surface area contributed by atoms with E-state index in [-0.39, 0.29) is 30.5 Å². The van der Waals surface area contributed by atoms with E-state index < -0.39 is 11.7 Å². The summed E-state index contributed by atoms with van der Waals surface area (Å²) in [5.41, 5.74) is 8.74. The van der Waals surface area contributed by atoms with Crippen LogP contribution in [0.5, 0.6) is 5.75 Å². The Morgan fingerprint density at radius 2 is 2.02 bits per heavy atom. The number of benzene rings is 1. The number of nitrogen functional groups attached to an aromatic ring is 1. The number of pyridine rings is 1. The topological polar surface area (TPSA) is 107 Å². The Morgan fingerprint density at radius 3 is 2.71 bits per heavy atom. The SMILES string of the molecule is CC1=CC=C(c2cc(Cl)c3c(c2)CC(CNC(=O)/C=C/c2ccc(N)nc2)O3)CC(F)=C1F.O=CN1CCOCC1. The number of nitrogens with two attached hydrogens (primary N) is 1. The number of rotatable bonds is 6. The summed E-state index contributed by atoms with van der Waals surface area (Å²) in [6, 6.07) is 6.99. The number of halogens is 3. The first kappa shape index (κ1) is 30.0. The van der Waals surface area contributed by atoms with Gasteiger partial charge in [0.05, 0.1) is 24.8 Å². The molecule has 3 N–H and O–H groups in total. The summed E-state index contributed by atoms with van der Waals surface area (Å²) in [6.45, 7) is 4.71. The minimum absolute atomic E-state index is 0.148. The van der Waals surface area contributed by atoms with Crippen LogP contribution in [0.4, 0.5) is 14.6 Å². The van der Waals surface area contributed by atoms with Gasteiger partial charge in [-0.3, -0.25) is 9.59 Å². The van der Waals surface area contributed by atoms with Crippen LogP contribution in [0, 0.1) is 0 Å². The van der Waals surface area contributed by atoms with Crippen molar-refractivity contribution in [3.8, 4) is 5.75 Å². The van der Waals surface area contributed by atoms with Crippen molar-refractivity contribution in [1.29, 1.82) is 0 Å². The zero-order valence-electron chi connectivity index (χ0n) is 22.5. The average Bonchev–Trinajstić information content (AvgIpc) is 3.36. The van der Waals surface area contributed by atoms with Gasteiger partial charge in [0.25, 0.3) is 0 Å². The van der Waals surface area contributed by atoms with Gasteiger partial charge in [0.1, 0.15) is 23.5 Å². The number of morpholine rings is 1. The Labute approximate surface area is 242 Å². The quantitative estimate of drug-likeness (QED) is 0.373. The van der Waals surface area contributed by atoms with Gasteiger partial charge >= 0.3 is 0 Å². The van der Waals surface area contributed by atoms with Crippen LogP contribution in [-0.4, -0.2) is 61.2 Å². The van der Waals surface area contributed by atoms with Crippen LogP contribution in [0.15, 0.2) is 65.9 Å². The first-order valence-corrected chi connectivity index (χ1v) is 13.5. The molecule has 1 aromatic carbocycles. The molecule has 1 fully saturated rings. The van der Waals surface area contributed by atoms with E-state index in [1.165, 1.54) is 13.0 Å². The van der Waals surface area contributed by atoms with E-state index >= 15 is 0 Å². The number of anilines is 1. The van der Waals surface area contributed by atoms with Gasteiger partial charge in [-0.1, -0.05) is 23.8 Å². The molecule has 1 aliphatic carbocycles. The number of hydrogen-bond donors (Lipinski definition) is 2. The second kappa shape index (κ2) is 14.0. The van der Waals surface area contributed by atoms with Gasteiger partial charge in [0.15, 0.2) is 5.83 Å². The van der Waals surface area contributed by atoms with Crippen molar-refractivity contribution in [1.82, 2.24) is 15.2 Å². The molecule has 8 nitrogen and oxygen atoms in total. The Bertz CT molecular complexity index is 1390. The third-order valence-electron chi connectivity index (χ3n) is 6.62. The zero-order chi connectivity index (χ0) is 29.4. The highest BCUT2D eigenvalue weighted by Gasteiger charge is 2.27. The number of allylic oxidation sites excluding steroid dienone is 6. The van der Waals surface area contributed by atoms with Crippen LogP contribution < -0.4 is 15.8 Å². The highest BCUT2D eigenvalue weighted by Crippen LogP contribution is 2.40. The third kappa shape index (κ3) is 8.25. The summed E-state index contributed by atoms with van der Waals surface area (Å²) in [4.78, 5) is 27.9. The molecule has 41 heavy (non-hydrogen) atoms. The third-order valence-corrected chi connectivity index (χ3v) is 6.90. The number of nitrogens with zero attached hydrogens (tertiary/aromatic N) is 2. The molecule has 1 unspecified atom stereocenters. The molecule has 2 aliphatic heterocycles. The van der Waals surface area contributed by atoms with Gasteiger partial charge in [0, 0.05) is 43.8 Å². The number of carbonyl (C=O) groups is 2. The summed E-state index contributed by atoms with van der Waals surface area (Å²) in [5, 5.41) is 3.20. The molecule has 3 heterocycles. The number of hydrogen-bond acceptors (Lipinski definition) is 6. The van der Waals surface area contributed by atoms with Crippen LogP contribution in [0.1, 0.15) is 30.0 Å². The lowest BCUT2D eigenvalue weighted by atomic mass is 9.98. The molecule has 5 rings (SSSR count). The Kier molecular flexibility index (Phi) is 10.3. The van der Waals surface area contributed by atoms with Crippen LogP contribution in [-0.2, 0) is 20.7 Å². The second-order valence-corrected chi connectivity index (χ2v) is 10.1. The molecule has 3 aliphatic rings. The molecule has 0 spiro atoms. The van der Waals surface area contributed by atoms with Gasteiger partial charge in [-0.05, 0) is 59.5 Å². The summed E-state index contributed by atoms with van der Waals surface area (Å²) in [7, 11) is 0. The average molecular weight is 585 g/mol. The van der Waals surface area contributed by atoms with Crippen molar-refractivity contribution in [3.63, 3.8) is 0 Å². The van der Waals surface area contributed by atoms with Crippen molar-refractivity contribution >= 4 is 41.4 Å². The van der Waals surface area contributed by atoms with E-state index in [0.717, 1.165) is 30.6 Å². The molecule has 216 valence electrons. The van der Waals surface area contributed by atoms with Crippen molar-refractivity contribution in [3.05, 3.63) is 87.6 Å². The Morgan fingerprint density at radius 1 is 1.24 bits per heavy atom. The highest BCUT2D eigenvalue weighted by molar-refractivity contribution is 6.32. The number of fused-ring (bicyclic) bond motifs is 1. The van der Waals surface area contributed by atoms with Crippen LogP contribution in [0.25, 0.3) is 11.6 Å². The molecule has 2 amide bonds. The molecular formula is C30H31ClF2N4O4. The fourth-order valence-corrected chi connectivity index (χ4v) is 4.63. The van der Waals surface area contributed by atoms with Crippen LogP contribution >= 0.6 is 11.6 Å². The molecular weight excluding hydrogens is 554 g/mol. The maximum Gasteiger partial charge on any atom is 0.244 e. The van der Waals surface area contributed by atoms with Gasteiger partial charge in [-0.25, -0.2) is 13.8 Å². The predicted molar refractivity (Wildman–Crippen MR) is 154 cm³/mol. The molecule has 11 heteroatoms. The first-order valence-electron chi connectivity index (χ1n) is 13.1. The lowest BCUT2D eigenvalue weighted by Crippen LogP contribution is -2.34. The number of aromatic nitrogens is 1. The highest BCUT2D eigenvalue weighted by atomic mass is 35.5. The molecule has 1 saturated heterocycles. The normalized spacial score (nSPS) is 18.4. The van der Waals surface area contributed by atoms with Gasteiger partial charge in [-0.15, -0.1) is 0 Å². The maximum absolute atomic E-state index is 14.1. The summed E-state index contributed by atoms with van der Waals surface area (Å²) >= 11 is 6.42.